The highest BCUT2D eigenvalue weighted by atomic mass is 16.5. The summed E-state index contributed by atoms with van der Waals surface area (Å²) in [5.41, 5.74) is 1.33. The van der Waals surface area contributed by atoms with Crippen LogP contribution in [0.25, 0.3) is 0 Å². The van der Waals surface area contributed by atoms with Gasteiger partial charge >= 0.3 is 12.0 Å². The quantitative estimate of drug-likeness (QED) is 0.681. The number of urea groups is 1. The van der Waals surface area contributed by atoms with Gasteiger partial charge in [-0.2, -0.15) is 0 Å². The fraction of sp³-hybridized carbons (Fsp3) is 0.278. The molecule has 7 nitrogen and oxygen atoms in total. The van der Waals surface area contributed by atoms with Crippen molar-refractivity contribution in [1.29, 1.82) is 0 Å². The molecule has 1 saturated heterocycles. The summed E-state index contributed by atoms with van der Waals surface area (Å²) >= 11 is 0. The van der Waals surface area contributed by atoms with E-state index in [2.05, 4.69) is 10.1 Å². The molecule has 4 rings (SSSR count). The van der Waals surface area contributed by atoms with Crippen molar-refractivity contribution in [2.24, 2.45) is 0 Å². The predicted molar refractivity (Wildman–Crippen MR) is 85.6 cm³/mol. The van der Waals surface area contributed by atoms with E-state index in [1.165, 1.54) is 13.4 Å². The first-order valence-electron chi connectivity index (χ1n) is 7.94. The number of amides is 3. The Morgan fingerprint density at radius 1 is 1.32 bits per heavy atom. The molecule has 128 valence electrons. The second-order valence-electron chi connectivity index (χ2n) is 6.15. The molecule has 1 aliphatic heterocycles. The monoisotopic (exact) mass is 340 g/mol. The average Bonchev–Trinajstić information content (AvgIpc) is 3.29. The molecule has 0 bridgehead atoms. The molecule has 7 heteroatoms. The molecule has 2 aliphatic rings. The van der Waals surface area contributed by atoms with Crippen molar-refractivity contribution in [3.63, 3.8) is 0 Å². The van der Waals surface area contributed by atoms with Crippen molar-refractivity contribution in [3.05, 3.63) is 59.0 Å². The maximum absolute atomic E-state index is 13.1. The van der Waals surface area contributed by atoms with E-state index in [1.807, 2.05) is 24.3 Å². The van der Waals surface area contributed by atoms with E-state index in [0.29, 0.717) is 12.0 Å². The molecule has 1 N–H and O–H groups in total. The predicted octanol–water partition coefficient (Wildman–Crippen LogP) is 1.96. The Bertz CT molecular complexity index is 887. The number of nitrogens with one attached hydrogen (secondary N) is 1. The number of benzene rings is 1. The van der Waals surface area contributed by atoms with E-state index >= 15 is 0 Å². The van der Waals surface area contributed by atoms with E-state index in [9.17, 15) is 14.4 Å². The van der Waals surface area contributed by atoms with Gasteiger partial charge in [-0.15, -0.1) is 0 Å². The lowest BCUT2D eigenvalue weighted by Crippen LogP contribution is -2.41. The van der Waals surface area contributed by atoms with Crippen molar-refractivity contribution in [1.82, 2.24) is 10.2 Å². The number of carbonyl (C=O) groups excluding carboxylic acids is 3. The number of fused-ring (bicyclic) bond motifs is 2. The number of aryl methyl sites for hydroxylation is 1. The molecule has 0 saturated carbocycles. The van der Waals surface area contributed by atoms with Gasteiger partial charge in [0.15, 0.2) is 0 Å². The third-order valence-electron chi connectivity index (χ3n) is 4.87. The molecule has 25 heavy (non-hydrogen) atoms. The fourth-order valence-electron chi connectivity index (χ4n) is 3.64. The number of esters is 1. The topological polar surface area (TPSA) is 88.8 Å². The number of carbonyl (C=O) groups is 3. The molecule has 1 aliphatic carbocycles. The molecule has 1 spiro atoms. The van der Waals surface area contributed by atoms with Gasteiger partial charge in [0.05, 0.1) is 19.9 Å². The number of methoxy groups -OCH3 is 1. The second-order valence-corrected chi connectivity index (χ2v) is 6.15. The SMILES string of the molecule is COC(=O)c1occc1CN1C(=O)NC2(CCc3ccccc32)C1=O. The first-order chi connectivity index (χ1) is 12.1. The third-order valence-corrected chi connectivity index (χ3v) is 4.87. The van der Waals surface area contributed by atoms with Crippen LogP contribution in [0, 0.1) is 0 Å². The van der Waals surface area contributed by atoms with Crippen LogP contribution in [0.3, 0.4) is 0 Å². The van der Waals surface area contributed by atoms with Gasteiger partial charge in [-0.25, -0.2) is 9.59 Å². The summed E-state index contributed by atoms with van der Waals surface area (Å²) < 4.78 is 9.78. The van der Waals surface area contributed by atoms with Crippen LogP contribution in [-0.4, -0.2) is 29.9 Å². The second kappa shape index (κ2) is 5.47. The van der Waals surface area contributed by atoms with Crippen molar-refractivity contribution in [2.75, 3.05) is 7.11 Å². The highest BCUT2D eigenvalue weighted by Crippen LogP contribution is 2.41. The number of ether oxygens (including phenoxy) is 1. The maximum Gasteiger partial charge on any atom is 0.374 e. The van der Waals surface area contributed by atoms with E-state index in [1.54, 1.807) is 6.07 Å². The minimum Gasteiger partial charge on any atom is -0.463 e. The van der Waals surface area contributed by atoms with Gasteiger partial charge in [0.1, 0.15) is 5.54 Å². The zero-order valence-corrected chi connectivity index (χ0v) is 13.6. The van der Waals surface area contributed by atoms with Crippen LogP contribution in [-0.2, 0) is 28.0 Å². The molecule has 1 aromatic carbocycles. The van der Waals surface area contributed by atoms with E-state index in [-0.39, 0.29) is 18.2 Å². The molecule has 0 radical (unpaired) electrons. The van der Waals surface area contributed by atoms with Crippen LogP contribution in [0.1, 0.15) is 33.7 Å². The van der Waals surface area contributed by atoms with Gasteiger partial charge in [-0.05, 0) is 30.0 Å². The largest absolute Gasteiger partial charge is 0.463 e. The minimum absolute atomic E-state index is 0.00382. The van der Waals surface area contributed by atoms with Crippen molar-refractivity contribution in [3.8, 4) is 0 Å². The van der Waals surface area contributed by atoms with Crippen LogP contribution >= 0.6 is 0 Å². The third kappa shape index (κ3) is 2.15. The zero-order valence-electron chi connectivity index (χ0n) is 13.6. The van der Waals surface area contributed by atoms with E-state index in [0.717, 1.165) is 22.4 Å². The Morgan fingerprint density at radius 3 is 2.92 bits per heavy atom. The van der Waals surface area contributed by atoms with Crippen LogP contribution in [0.2, 0.25) is 0 Å². The summed E-state index contributed by atoms with van der Waals surface area (Å²) in [5, 5.41) is 2.85. The highest BCUT2D eigenvalue weighted by molar-refractivity contribution is 6.08. The molecule has 1 fully saturated rings. The normalized spacial score (nSPS) is 21.6. The van der Waals surface area contributed by atoms with Gasteiger partial charge in [0.2, 0.25) is 5.76 Å². The van der Waals surface area contributed by atoms with Crippen LogP contribution in [0.4, 0.5) is 4.79 Å². The molecular weight excluding hydrogens is 324 g/mol. The van der Waals surface area contributed by atoms with E-state index < -0.39 is 17.5 Å². The Hall–Kier alpha value is -3.09. The lowest BCUT2D eigenvalue weighted by Gasteiger charge is -2.22. The van der Waals surface area contributed by atoms with Crippen molar-refractivity contribution in [2.45, 2.75) is 24.9 Å². The Labute approximate surface area is 143 Å². The lowest BCUT2D eigenvalue weighted by atomic mass is 9.92. The minimum atomic E-state index is -1.01. The highest BCUT2D eigenvalue weighted by Gasteiger charge is 2.55. The maximum atomic E-state index is 13.1. The smallest absolute Gasteiger partial charge is 0.374 e. The van der Waals surface area contributed by atoms with Gasteiger partial charge in [0, 0.05) is 5.56 Å². The van der Waals surface area contributed by atoms with Crippen molar-refractivity contribution >= 4 is 17.9 Å². The summed E-state index contributed by atoms with van der Waals surface area (Å²) in [7, 11) is 1.24. The molecule has 2 heterocycles. The number of hydrogen-bond acceptors (Lipinski definition) is 5. The van der Waals surface area contributed by atoms with Gasteiger partial charge in [-0.1, -0.05) is 24.3 Å². The molecule has 1 unspecified atom stereocenters. The van der Waals surface area contributed by atoms with Crippen LogP contribution in [0.5, 0.6) is 0 Å². The first-order valence-corrected chi connectivity index (χ1v) is 7.94. The molecular formula is C18H16N2O5. The molecule has 2 aromatic rings. The number of hydrogen-bond donors (Lipinski definition) is 1. The number of furan rings is 1. The Balaban J connectivity index is 1.66. The van der Waals surface area contributed by atoms with Crippen LogP contribution < -0.4 is 5.32 Å². The Kier molecular flexibility index (Phi) is 3.38. The summed E-state index contributed by atoms with van der Waals surface area (Å²) in [6.45, 7) is -0.0461. The summed E-state index contributed by atoms with van der Waals surface area (Å²) in [4.78, 5) is 38.4. The fourth-order valence-corrected chi connectivity index (χ4v) is 3.64. The molecule has 1 atom stereocenters. The summed E-state index contributed by atoms with van der Waals surface area (Å²) in [6.07, 6.45) is 2.60. The lowest BCUT2D eigenvalue weighted by molar-refractivity contribution is -0.132. The average molecular weight is 340 g/mol. The van der Waals surface area contributed by atoms with Crippen molar-refractivity contribution < 1.29 is 23.5 Å². The summed E-state index contributed by atoms with van der Waals surface area (Å²) in [5.74, 6) is -0.955. The number of imide groups is 1. The van der Waals surface area contributed by atoms with Gasteiger partial charge in [0.25, 0.3) is 5.91 Å². The molecule has 3 amide bonds. The number of rotatable bonds is 3. The standard InChI is InChI=1S/C18H16N2O5/c1-24-15(21)14-12(7-9-25-14)10-20-16(22)18(19-17(20)23)8-6-11-4-2-3-5-13(11)18/h2-5,7,9H,6,8,10H2,1H3,(H,19,23). The summed E-state index contributed by atoms with van der Waals surface area (Å²) in [6, 6.07) is 8.71. The van der Waals surface area contributed by atoms with Gasteiger partial charge < -0.3 is 14.5 Å². The molecule has 1 aromatic heterocycles. The first kappa shape index (κ1) is 15.4. The Morgan fingerprint density at radius 2 is 2.12 bits per heavy atom. The zero-order chi connectivity index (χ0) is 17.6. The number of nitrogens with zero attached hydrogens (tertiary/aromatic N) is 1. The van der Waals surface area contributed by atoms with E-state index in [4.69, 9.17) is 4.42 Å². The van der Waals surface area contributed by atoms with Crippen LogP contribution in [0.15, 0.2) is 41.0 Å². The van der Waals surface area contributed by atoms with Gasteiger partial charge in [-0.3, -0.25) is 9.69 Å².